The van der Waals surface area contributed by atoms with Gasteiger partial charge in [0.15, 0.2) is 0 Å². The Morgan fingerprint density at radius 1 is 1.43 bits per heavy atom. The van der Waals surface area contributed by atoms with E-state index in [0.29, 0.717) is 6.61 Å². The van der Waals surface area contributed by atoms with Gasteiger partial charge in [0.1, 0.15) is 5.75 Å². The number of hydrogen-bond acceptors (Lipinski definition) is 2. The van der Waals surface area contributed by atoms with Gasteiger partial charge in [0.25, 0.3) is 0 Å². The lowest BCUT2D eigenvalue weighted by atomic mass is 10.2. The van der Waals surface area contributed by atoms with E-state index < -0.39 is 0 Å². The van der Waals surface area contributed by atoms with Gasteiger partial charge < -0.3 is 4.74 Å². The Balaban J connectivity index is 2.66. The molecular weight excluding hydrogens is 216 g/mol. The van der Waals surface area contributed by atoms with Crippen LogP contribution in [-0.2, 0) is 0 Å². The Morgan fingerprint density at radius 3 is 2.93 bits per heavy atom. The summed E-state index contributed by atoms with van der Waals surface area (Å²) < 4.78 is 6.66. The molecule has 0 aliphatic carbocycles. The van der Waals surface area contributed by atoms with Crippen molar-refractivity contribution >= 4 is 33.0 Å². The van der Waals surface area contributed by atoms with E-state index in [1.54, 1.807) is 11.3 Å². The predicted molar refractivity (Wildman–Crippen MR) is 62.7 cm³/mol. The monoisotopic (exact) mass is 226 g/mol. The number of ether oxygens (including phenoxy) is 1. The molecule has 0 N–H and O–H groups in total. The van der Waals surface area contributed by atoms with E-state index >= 15 is 0 Å². The molecule has 1 aromatic heterocycles. The van der Waals surface area contributed by atoms with Gasteiger partial charge in [-0.25, -0.2) is 0 Å². The van der Waals surface area contributed by atoms with Gasteiger partial charge >= 0.3 is 0 Å². The van der Waals surface area contributed by atoms with Gasteiger partial charge in [-0.05, 0) is 36.9 Å². The molecule has 14 heavy (non-hydrogen) atoms. The fourth-order valence-electron chi connectivity index (χ4n) is 1.48. The van der Waals surface area contributed by atoms with E-state index in [1.165, 1.54) is 10.3 Å². The van der Waals surface area contributed by atoms with E-state index in [4.69, 9.17) is 16.3 Å². The maximum Gasteiger partial charge on any atom is 0.138 e. The van der Waals surface area contributed by atoms with Crippen LogP contribution in [0.25, 0.3) is 10.1 Å². The second-order valence-electron chi connectivity index (χ2n) is 3.10. The van der Waals surface area contributed by atoms with Gasteiger partial charge in [-0.2, -0.15) is 0 Å². The smallest absolute Gasteiger partial charge is 0.138 e. The molecule has 0 spiro atoms. The summed E-state index contributed by atoms with van der Waals surface area (Å²) in [5.41, 5.74) is 1.22. The maximum atomic E-state index is 6.25. The predicted octanol–water partition coefficient (Wildman–Crippen LogP) is 4.26. The molecule has 2 rings (SSSR count). The third-order valence-corrected chi connectivity index (χ3v) is 3.57. The van der Waals surface area contributed by atoms with Crippen LogP contribution in [0.5, 0.6) is 5.75 Å². The van der Waals surface area contributed by atoms with Crippen molar-refractivity contribution in [2.45, 2.75) is 13.8 Å². The van der Waals surface area contributed by atoms with Crippen LogP contribution in [0.3, 0.4) is 0 Å². The number of thiophene rings is 1. The Kier molecular flexibility index (Phi) is 2.66. The van der Waals surface area contributed by atoms with Crippen LogP contribution in [0, 0.1) is 6.92 Å². The van der Waals surface area contributed by atoms with Crippen molar-refractivity contribution < 1.29 is 4.74 Å². The third-order valence-electron chi connectivity index (χ3n) is 2.13. The average Bonchev–Trinajstić information content (AvgIpc) is 2.54. The van der Waals surface area contributed by atoms with Crippen molar-refractivity contribution in [2.24, 2.45) is 0 Å². The fraction of sp³-hybridized carbons (Fsp3) is 0.273. The molecule has 1 heterocycles. The SMILES string of the molecule is CCOc1ccc2scc(C)c2c1Cl. The van der Waals surface area contributed by atoms with Crippen molar-refractivity contribution in [1.29, 1.82) is 0 Å². The highest BCUT2D eigenvalue weighted by molar-refractivity contribution is 7.17. The van der Waals surface area contributed by atoms with E-state index in [2.05, 4.69) is 18.4 Å². The summed E-state index contributed by atoms with van der Waals surface area (Å²) in [6, 6.07) is 3.99. The number of benzene rings is 1. The van der Waals surface area contributed by atoms with Crippen molar-refractivity contribution in [2.75, 3.05) is 6.61 Å². The van der Waals surface area contributed by atoms with Gasteiger partial charge in [0.2, 0.25) is 0 Å². The molecule has 0 atom stereocenters. The molecule has 0 saturated heterocycles. The number of rotatable bonds is 2. The van der Waals surface area contributed by atoms with E-state index in [9.17, 15) is 0 Å². The molecule has 0 aliphatic rings. The summed E-state index contributed by atoms with van der Waals surface area (Å²) in [6.07, 6.45) is 0. The van der Waals surface area contributed by atoms with Crippen LogP contribution in [-0.4, -0.2) is 6.61 Å². The van der Waals surface area contributed by atoms with E-state index in [-0.39, 0.29) is 0 Å². The standard InChI is InChI=1S/C11H11ClOS/c1-3-13-8-4-5-9-10(11(8)12)7(2)6-14-9/h4-6H,3H2,1-2H3. The lowest BCUT2D eigenvalue weighted by molar-refractivity contribution is 0.341. The normalized spacial score (nSPS) is 10.8. The topological polar surface area (TPSA) is 9.23 Å². The molecule has 2 aromatic rings. The fourth-order valence-corrected chi connectivity index (χ4v) is 2.86. The average molecular weight is 227 g/mol. The maximum absolute atomic E-state index is 6.25. The highest BCUT2D eigenvalue weighted by Gasteiger charge is 2.09. The van der Waals surface area contributed by atoms with Gasteiger partial charge in [-0.15, -0.1) is 11.3 Å². The molecule has 1 nitrogen and oxygen atoms in total. The quantitative estimate of drug-likeness (QED) is 0.744. The minimum absolute atomic E-state index is 0.647. The summed E-state index contributed by atoms with van der Waals surface area (Å²) in [6.45, 7) is 4.68. The first-order valence-electron chi connectivity index (χ1n) is 4.53. The van der Waals surface area contributed by atoms with Crippen molar-refractivity contribution in [3.05, 3.63) is 28.1 Å². The van der Waals surface area contributed by atoms with Crippen molar-refractivity contribution in [1.82, 2.24) is 0 Å². The highest BCUT2D eigenvalue weighted by atomic mass is 35.5. The number of hydrogen-bond donors (Lipinski definition) is 0. The Morgan fingerprint density at radius 2 is 2.21 bits per heavy atom. The molecule has 74 valence electrons. The largest absolute Gasteiger partial charge is 0.492 e. The van der Waals surface area contributed by atoms with Gasteiger partial charge in [0, 0.05) is 10.1 Å². The molecule has 1 aromatic carbocycles. The molecule has 0 unspecified atom stereocenters. The first kappa shape index (κ1) is 9.81. The number of aryl methyl sites for hydroxylation is 1. The first-order chi connectivity index (χ1) is 6.74. The van der Waals surface area contributed by atoms with Crippen LogP contribution in [0.2, 0.25) is 5.02 Å². The molecule has 0 aliphatic heterocycles. The third kappa shape index (κ3) is 1.49. The Labute approximate surface area is 92.3 Å². The van der Waals surface area contributed by atoms with Gasteiger partial charge in [-0.3, -0.25) is 0 Å². The summed E-state index contributed by atoms with van der Waals surface area (Å²) in [7, 11) is 0. The van der Waals surface area contributed by atoms with Crippen molar-refractivity contribution in [3.8, 4) is 5.75 Å². The highest BCUT2D eigenvalue weighted by Crippen LogP contribution is 2.37. The minimum atomic E-state index is 0.647. The van der Waals surface area contributed by atoms with Gasteiger partial charge in [0.05, 0.1) is 11.6 Å². The molecule has 0 amide bonds. The van der Waals surface area contributed by atoms with E-state index in [0.717, 1.165) is 16.2 Å². The first-order valence-corrected chi connectivity index (χ1v) is 5.79. The zero-order valence-electron chi connectivity index (χ0n) is 8.13. The van der Waals surface area contributed by atoms with Crippen molar-refractivity contribution in [3.63, 3.8) is 0 Å². The zero-order chi connectivity index (χ0) is 10.1. The molecule has 0 radical (unpaired) electrons. The summed E-state index contributed by atoms with van der Waals surface area (Å²) in [5.74, 6) is 0.781. The summed E-state index contributed by atoms with van der Waals surface area (Å²) in [5, 5.41) is 3.98. The summed E-state index contributed by atoms with van der Waals surface area (Å²) >= 11 is 7.96. The lowest BCUT2D eigenvalue weighted by Crippen LogP contribution is -1.91. The lowest BCUT2D eigenvalue weighted by Gasteiger charge is -2.06. The minimum Gasteiger partial charge on any atom is -0.492 e. The molecule has 3 heteroatoms. The van der Waals surface area contributed by atoms with Crippen LogP contribution in [0.4, 0.5) is 0 Å². The van der Waals surface area contributed by atoms with Gasteiger partial charge in [-0.1, -0.05) is 11.6 Å². The van der Waals surface area contributed by atoms with Crippen LogP contribution < -0.4 is 4.74 Å². The van der Waals surface area contributed by atoms with E-state index in [1.807, 2.05) is 13.0 Å². The second-order valence-corrected chi connectivity index (χ2v) is 4.39. The zero-order valence-corrected chi connectivity index (χ0v) is 9.71. The van der Waals surface area contributed by atoms with Crippen LogP contribution in [0.1, 0.15) is 12.5 Å². The molecule has 0 fully saturated rings. The number of fused-ring (bicyclic) bond motifs is 1. The van der Waals surface area contributed by atoms with Crippen LogP contribution in [0.15, 0.2) is 17.5 Å². The Bertz CT molecular complexity index is 462. The molecule has 0 saturated carbocycles. The van der Waals surface area contributed by atoms with Crippen LogP contribution >= 0.6 is 22.9 Å². The number of halogens is 1. The molecular formula is C11H11ClOS. The molecule has 0 bridgehead atoms. The summed E-state index contributed by atoms with van der Waals surface area (Å²) in [4.78, 5) is 0. The Hall–Kier alpha value is -0.730. The second kappa shape index (κ2) is 3.79.